The summed E-state index contributed by atoms with van der Waals surface area (Å²) < 4.78 is 10.6. The number of ether oxygens (including phenoxy) is 2. The van der Waals surface area contributed by atoms with E-state index in [2.05, 4.69) is 63.9 Å². The number of aromatic nitrogens is 1. The number of hydrogen-bond donors (Lipinski definition) is 2. The van der Waals surface area contributed by atoms with Gasteiger partial charge in [-0.1, -0.05) is 42.5 Å². The lowest BCUT2D eigenvalue weighted by Gasteiger charge is -2.23. The predicted molar refractivity (Wildman–Crippen MR) is 143 cm³/mol. The molecule has 0 saturated heterocycles. The van der Waals surface area contributed by atoms with Gasteiger partial charge in [0.1, 0.15) is 11.5 Å². The third-order valence-corrected chi connectivity index (χ3v) is 6.97. The third-order valence-electron chi connectivity index (χ3n) is 6.97. The number of benzene rings is 3. The number of carbonyl (C=O) groups excluding carboxylic acids is 1. The molecule has 4 aromatic rings. The van der Waals surface area contributed by atoms with Crippen LogP contribution in [-0.4, -0.2) is 49.1 Å². The maximum absolute atomic E-state index is 13.1. The molecule has 3 aromatic carbocycles. The number of aromatic amines is 1. The summed E-state index contributed by atoms with van der Waals surface area (Å²) in [5.41, 5.74) is 4.59. The van der Waals surface area contributed by atoms with E-state index in [1.54, 1.807) is 14.2 Å². The van der Waals surface area contributed by atoms with Gasteiger partial charge in [-0.05, 0) is 59.9 Å². The van der Waals surface area contributed by atoms with Crippen molar-refractivity contribution in [3.05, 3.63) is 95.7 Å². The van der Waals surface area contributed by atoms with E-state index in [0.717, 1.165) is 42.0 Å². The van der Waals surface area contributed by atoms with Crippen LogP contribution < -0.4 is 14.8 Å². The van der Waals surface area contributed by atoms with Crippen molar-refractivity contribution in [2.75, 3.05) is 27.3 Å². The van der Waals surface area contributed by atoms with Crippen LogP contribution in [0.4, 0.5) is 0 Å². The molecule has 1 unspecified atom stereocenters. The van der Waals surface area contributed by atoms with E-state index in [1.807, 2.05) is 30.3 Å². The normalized spacial score (nSPS) is 14.1. The van der Waals surface area contributed by atoms with Gasteiger partial charge in [-0.3, -0.25) is 9.69 Å². The molecule has 0 aliphatic heterocycles. The van der Waals surface area contributed by atoms with Crippen LogP contribution in [0.3, 0.4) is 0 Å². The molecule has 2 N–H and O–H groups in total. The average molecular weight is 484 g/mol. The summed E-state index contributed by atoms with van der Waals surface area (Å²) >= 11 is 0. The highest BCUT2D eigenvalue weighted by atomic mass is 16.5. The van der Waals surface area contributed by atoms with Crippen molar-refractivity contribution < 1.29 is 14.3 Å². The molecular formula is C30H33N3O3. The van der Waals surface area contributed by atoms with Gasteiger partial charge in [0.25, 0.3) is 0 Å². The summed E-state index contributed by atoms with van der Waals surface area (Å²) in [7, 11) is 3.34. The molecule has 0 bridgehead atoms. The Morgan fingerprint density at radius 3 is 2.31 bits per heavy atom. The van der Waals surface area contributed by atoms with Crippen molar-refractivity contribution in [3.63, 3.8) is 0 Å². The molecule has 1 heterocycles. The van der Waals surface area contributed by atoms with Gasteiger partial charge in [-0.15, -0.1) is 0 Å². The monoisotopic (exact) mass is 483 g/mol. The highest BCUT2D eigenvalue weighted by molar-refractivity contribution is 5.84. The van der Waals surface area contributed by atoms with E-state index in [-0.39, 0.29) is 11.8 Å². The summed E-state index contributed by atoms with van der Waals surface area (Å²) in [6.45, 7) is 1.67. The van der Waals surface area contributed by atoms with Crippen LogP contribution in [0.1, 0.15) is 35.4 Å². The van der Waals surface area contributed by atoms with Gasteiger partial charge in [-0.2, -0.15) is 0 Å². The minimum atomic E-state index is 0.0203. The Labute approximate surface area is 212 Å². The molecule has 6 nitrogen and oxygen atoms in total. The van der Waals surface area contributed by atoms with E-state index in [4.69, 9.17) is 9.47 Å². The molecule has 1 aromatic heterocycles. The number of methoxy groups -OCH3 is 2. The Balaban J connectivity index is 1.30. The second-order valence-corrected chi connectivity index (χ2v) is 9.40. The van der Waals surface area contributed by atoms with E-state index in [9.17, 15) is 4.79 Å². The third kappa shape index (κ3) is 5.55. The van der Waals surface area contributed by atoms with Crippen molar-refractivity contribution in [1.82, 2.24) is 15.2 Å². The Morgan fingerprint density at radius 2 is 1.64 bits per heavy atom. The van der Waals surface area contributed by atoms with Crippen LogP contribution in [0.25, 0.3) is 10.9 Å². The number of H-pyrrole nitrogens is 1. The minimum Gasteiger partial charge on any atom is -0.497 e. The van der Waals surface area contributed by atoms with Crippen LogP contribution in [0.2, 0.25) is 0 Å². The number of nitrogens with zero attached hydrogens (tertiary/aromatic N) is 1. The van der Waals surface area contributed by atoms with Crippen molar-refractivity contribution >= 4 is 16.8 Å². The number of rotatable bonds is 11. The highest BCUT2D eigenvalue weighted by Gasteiger charge is 2.30. The molecule has 1 amide bonds. The molecule has 36 heavy (non-hydrogen) atoms. The van der Waals surface area contributed by atoms with Crippen molar-refractivity contribution in [3.8, 4) is 11.5 Å². The van der Waals surface area contributed by atoms with Crippen LogP contribution in [0.5, 0.6) is 11.5 Å². The predicted octanol–water partition coefficient (Wildman–Crippen LogP) is 5.10. The first kappa shape index (κ1) is 23.9. The van der Waals surface area contributed by atoms with Gasteiger partial charge >= 0.3 is 0 Å². The molecule has 1 atom stereocenters. The zero-order valence-corrected chi connectivity index (χ0v) is 20.9. The molecule has 1 aliphatic carbocycles. The van der Waals surface area contributed by atoms with Crippen molar-refractivity contribution in [1.29, 1.82) is 0 Å². The smallest absolute Gasteiger partial charge is 0.234 e. The lowest BCUT2D eigenvalue weighted by molar-refractivity contribution is -0.122. The van der Waals surface area contributed by atoms with Gasteiger partial charge in [0.05, 0.1) is 20.8 Å². The van der Waals surface area contributed by atoms with E-state index in [0.29, 0.717) is 19.1 Å². The minimum absolute atomic E-state index is 0.0203. The van der Waals surface area contributed by atoms with Crippen molar-refractivity contribution in [2.24, 2.45) is 0 Å². The van der Waals surface area contributed by atoms with Crippen LogP contribution in [0.15, 0.2) is 79.0 Å². The number of hydrogen-bond acceptors (Lipinski definition) is 4. The van der Waals surface area contributed by atoms with Crippen molar-refractivity contribution in [2.45, 2.75) is 31.3 Å². The van der Waals surface area contributed by atoms with Gasteiger partial charge in [0.2, 0.25) is 5.91 Å². The zero-order chi connectivity index (χ0) is 24.9. The first-order chi connectivity index (χ1) is 17.6. The standard InChI is InChI=1S/C30H33N3O3/c1-35-24-13-7-21(8-14-24)19-33(23-11-12-23)20-30(34)32-17-27(22-9-15-25(36-2)16-10-22)28-18-31-29-6-4-3-5-26(28)29/h3-10,13-16,18,23,27,31H,11-12,17,19-20H2,1-2H3,(H,32,34). The number of fused-ring (bicyclic) bond motifs is 1. The highest BCUT2D eigenvalue weighted by Crippen LogP contribution is 2.32. The summed E-state index contributed by atoms with van der Waals surface area (Å²) in [5, 5.41) is 4.41. The summed E-state index contributed by atoms with van der Waals surface area (Å²) in [6.07, 6.45) is 4.35. The Kier molecular flexibility index (Phi) is 7.23. The molecule has 186 valence electrons. The molecule has 0 spiro atoms. The molecular weight excluding hydrogens is 450 g/mol. The fourth-order valence-corrected chi connectivity index (χ4v) is 4.80. The average Bonchev–Trinajstić information content (AvgIpc) is 3.69. The summed E-state index contributed by atoms with van der Waals surface area (Å²) in [5.74, 6) is 1.73. The second-order valence-electron chi connectivity index (χ2n) is 9.40. The number of carbonyl (C=O) groups is 1. The Hall–Kier alpha value is -3.77. The topological polar surface area (TPSA) is 66.6 Å². The second kappa shape index (κ2) is 10.9. The maximum atomic E-state index is 13.1. The molecule has 1 fully saturated rings. The zero-order valence-electron chi connectivity index (χ0n) is 20.9. The fraction of sp³-hybridized carbons (Fsp3) is 0.300. The van der Waals surface area contributed by atoms with Gasteiger partial charge in [0, 0.05) is 42.1 Å². The largest absolute Gasteiger partial charge is 0.497 e. The van der Waals surface area contributed by atoms with E-state index >= 15 is 0 Å². The molecule has 0 radical (unpaired) electrons. The molecule has 5 rings (SSSR count). The van der Waals surface area contributed by atoms with E-state index < -0.39 is 0 Å². The molecule has 6 heteroatoms. The lowest BCUT2D eigenvalue weighted by Crippen LogP contribution is -2.39. The quantitative estimate of drug-likeness (QED) is 0.312. The lowest BCUT2D eigenvalue weighted by atomic mass is 9.90. The maximum Gasteiger partial charge on any atom is 0.234 e. The van der Waals surface area contributed by atoms with Gasteiger partial charge in [0.15, 0.2) is 0 Å². The number of amides is 1. The van der Waals surface area contributed by atoms with Gasteiger partial charge in [-0.25, -0.2) is 0 Å². The van der Waals surface area contributed by atoms with Crippen LogP contribution >= 0.6 is 0 Å². The Morgan fingerprint density at radius 1 is 0.972 bits per heavy atom. The first-order valence-corrected chi connectivity index (χ1v) is 12.5. The molecule has 1 saturated carbocycles. The number of para-hydroxylation sites is 1. The Bertz CT molecular complexity index is 1290. The van der Waals surface area contributed by atoms with Gasteiger partial charge < -0.3 is 19.8 Å². The SMILES string of the molecule is COc1ccc(CN(CC(=O)NCC(c2ccc(OC)cc2)c2c[nH]c3ccccc23)C2CC2)cc1. The molecule has 1 aliphatic rings. The number of nitrogens with one attached hydrogen (secondary N) is 2. The van der Waals surface area contributed by atoms with Crippen LogP contribution in [-0.2, 0) is 11.3 Å². The van der Waals surface area contributed by atoms with E-state index in [1.165, 1.54) is 16.5 Å². The summed E-state index contributed by atoms with van der Waals surface area (Å²) in [4.78, 5) is 18.8. The van der Waals surface area contributed by atoms with Crippen LogP contribution in [0, 0.1) is 0 Å². The summed E-state index contributed by atoms with van der Waals surface area (Å²) in [6, 6.07) is 25.0. The fourth-order valence-electron chi connectivity index (χ4n) is 4.80. The first-order valence-electron chi connectivity index (χ1n) is 12.5.